The molecular weight excluding hydrogens is 459 g/mol. The van der Waals surface area contributed by atoms with Crippen LogP contribution in [0.15, 0.2) is 36.0 Å². The van der Waals surface area contributed by atoms with Crippen molar-refractivity contribution < 1.29 is 18.7 Å². The molecule has 11 heteroatoms. The summed E-state index contributed by atoms with van der Waals surface area (Å²) in [5, 5.41) is 1.89. The van der Waals surface area contributed by atoms with Crippen LogP contribution < -0.4 is 20.3 Å². The fraction of sp³-hybridized carbons (Fsp3) is 0.261. The van der Waals surface area contributed by atoms with Crippen molar-refractivity contribution in [3.8, 4) is 18.1 Å². The van der Waals surface area contributed by atoms with Crippen molar-refractivity contribution in [1.82, 2.24) is 15.0 Å². The first-order valence-corrected chi connectivity index (χ1v) is 11.3. The molecule has 0 saturated carbocycles. The van der Waals surface area contributed by atoms with Gasteiger partial charge in [-0.25, -0.2) is 19.3 Å². The number of benzene rings is 1. The van der Waals surface area contributed by atoms with E-state index in [-0.39, 0.29) is 30.7 Å². The van der Waals surface area contributed by atoms with Crippen LogP contribution >= 0.6 is 11.3 Å². The summed E-state index contributed by atoms with van der Waals surface area (Å²) in [6.07, 6.45) is 7.53. The number of hydrogen-bond acceptors (Lipinski definition) is 8. The molecule has 9 nitrogen and oxygen atoms in total. The zero-order valence-corrected chi connectivity index (χ0v) is 19.3. The van der Waals surface area contributed by atoms with Crippen molar-refractivity contribution in [2.24, 2.45) is 0 Å². The van der Waals surface area contributed by atoms with E-state index in [1.165, 1.54) is 9.80 Å². The Morgan fingerprint density at radius 2 is 2.09 bits per heavy atom. The number of amides is 2. The Morgan fingerprint density at radius 3 is 2.74 bits per heavy atom. The predicted molar refractivity (Wildman–Crippen MR) is 126 cm³/mol. The number of halogens is 1. The van der Waals surface area contributed by atoms with Gasteiger partial charge < -0.3 is 10.5 Å². The first-order chi connectivity index (χ1) is 16.3. The second-order valence-corrected chi connectivity index (χ2v) is 8.64. The average molecular weight is 481 g/mol. The minimum absolute atomic E-state index is 0.0565. The average Bonchev–Trinajstić information content (AvgIpc) is 3.41. The molecule has 1 saturated heterocycles. The third-order valence-electron chi connectivity index (χ3n) is 4.97. The second-order valence-electron chi connectivity index (χ2n) is 7.78. The van der Waals surface area contributed by atoms with Crippen molar-refractivity contribution in [2.45, 2.75) is 32.4 Å². The van der Waals surface area contributed by atoms with Gasteiger partial charge in [0, 0.05) is 29.7 Å². The molecule has 0 spiro atoms. The van der Waals surface area contributed by atoms with Crippen molar-refractivity contribution in [3.63, 3.8) is 0 Å². The van der Waals surface area contributed by atoms with Crippen LogP contribution in [0.25, 0.3) is 0 Å². The number of carbonyl (C=O) groups is 2. The highest BCUT2D eigenvalue weighted by molar-refractivity contribution is 7.10. The number of thiazole rings is 1. The summed E-state index contributed by atoms with van der Waals surface area (Å²) in [5.74, 6) is 1.37. The van der Waals surface area contributed by atoms with Crippen LogP contribution in [0.3, 0.4) is 0 Å². The third-order valence-corrected chi connectivity index (χ3v) is 5.74. The van der Waals surface area contributed by atoms with Gasteiger partial charge in [-0.2, -0.15) is 0 Å². The van der Waals surface area contributed by atoms with E-state index < -0.39 is 23.7 Å². The van der Waals surface area contributed by atoms with Crippen LogP contribution in [0.2, 0.25) is 0 Å². The molecule has 1 aromatic carbocycles. The molecule has 1 atom stereocenters. The number of aromatic nitrogens is 3. The predicted octanol–water partition coefficient (Wildman–Crippen LogP) is 2.88. The van der Waals surface area contributed by atoms with Gasteiger partial charge in [0.25, 0.3) is 11.8 Å². The third kappa shape index (κ3) is 4.67. The molecule has 4 rings (SSSR count). The van der Waals surface area contributed by atoms with Crippen LogP contribution in [0.4, 0.5) is 21.7 Å². The van der Waals surface area contributed by atoms with Crippen LogP contribution in [-0.2, 0) is 4.79 Å². The summed E-state index contributed by atoms with van der Waals surface area (Å²) in [6, 6.07) is 3.98. The number of ether oxygens (including phenoxy) is 1. The topological polar surface area (TPSA) is 115 Å². The van der Waals surface area contributed by atoms with Gasteiger partial charge in [-0.3, -0.25) is 19.4 Å². The van der Waals surface area contributed by atoms with E-state index in [0.717, 1.165) is 23.7 Å². The summed E-state index contributed by atoms with van der Waals surface area (Å²) in [7, 11) is 0. The Kier molecular flexibility index (Phi) is 6.43. The van der Waals surface area contributed by atoms with Crippen LogP contribution in [0, 0.1) is 18.2 Å². The SMILES string of the molecule is C#Cc1nc(C(=O)N(c2cc(N)cc(OC(C)C)c2)C2CCN(c3ncc(F)cn3)C2=O)cs1. The van der Waals surface area contributed by atoms with E-state index in [9.17, 15) is 14.0 Å². The maximum atomic E-state index is 13.6. The van der Waals surface area contributed by atoms with Gasteiger partial charge in [-0.1, -0.05) is 0 Å². The summed E-state index contributed by atoms with van der Waals surface area (Å²) in [4.78, 5) is 41.6. The quantitative estimate of drug-likeness (QED) is 0.426. The molecule has 1 aliphatic rings. The number of terminal acetylenes is 1. The zero-order chi connectivity index (χ0) is 24.4. The number of rotatable bonds is 6. The minimum Gasteiger partial charge on any atom is -0.491 e. The number of anilines is 3. The van der Waals surface area contributed by atoms with Gasteiger partial charge in [-0.15, -0.1) is 17.8 Å². The second kappa shape index (κ2) is 9.44. The Bertz CT molecular complexity index is 1270. The highest BCUT2D eigenvalue weighted by Gasteiger charge is 2.41. The molecule has 3 heterocycles. The van der Waals surface area contributed by atoms with E-state index in [0.29, 0.717) is 22.1 Å². The van der Waals surface area contributed by atoms with Crippen molar-refractivity contribution in [3.05, 3.63) is 52.5 Å². The smallest absolute Gasteiger partial charge is 0.278 e. The molecule has 34 heavy (non-hydrogen) atoms. The van der Waals surface area contributed by atoms with Gasteiger partial charge in [-0.05, 0) is 32.3 Å². The fourth-order valence-electron chi connectivity index (χ4n) is 3.63. The van der Waals surface area contributed by atoms with Crippen LogP contribution in [-0.4, -0.2) is 45.5 Å². The van der Waals surface area contributed by atoms with Crippen LogP contribution in [0.1, 0.15) is 35.8 Å². The lowest BCUT2D eigenvalue weighted by atomic mass is 10.1. The Balaban J connectivity index is 1.75. The molecular formula is C23H21FN6O3S. The highest BCUT2D eigenvalue weighted by Crippen LogP contribution is 2.32. The van der Waals surface area contributed by atoms with Gasteiger partial charge in [0.15, 0.2) is 10.8 Å². The minimum atomic E-state index is -0.897. The van der Waals surface area contributed by atoms with E-state index in [2.05, 4.69) is 20.9 Å². The molecule has 1 aliphatic heterocycles. The standard InChI is InChI=1S/C23H21FN6O3S/c1-4-20-28-18(12-34-20)21(31)30(16-7-15(25)8-17(9-16)33-13(2)3)19-5-6-29(22(19)32)23-26-10-14(24)11-27-23/h1,7-13,19H,5-6,25H2,2-3H3. The van der Waals surface area contributed by atoms with E-state index in [1.807, 2.05) is 13.8 Å². The summed E-state index contributed by atoms with van der Waals surface area (Å²) in [5.41, 5.74) is 6.93. The number of hydrogen-bond donors (Lipinski definition) is 1. The van der Waals surface area contributed by atoms with Gasteiger partial charge >= 0.3 is 0 Å². The number of nitrogens with zero attached hydrogens (tertiary/aromatic N) is 5. The summed E-state index contributed by atoms with van der Waals surface area (Å²) < 4.78 is 19.0. The highest BCUT2D eigenvalue weighted by atomic mass is 32.1. The van der Waals surface area contributed by atoms with E-state index >= 15 is 0 Å². The molecule has 2 aromatic heterocycles. The molecule has 0 aliphatic carbocycles. The summed E-state index contributed by atoms with van der Waals surface area (Å²) >= 11 is 1.15. The lowest BCUT2D eigenvalue weighted by Gasteiger charge is -2.28. The maximum Gasteiger partial charge on any atom is 0.278 e. The summed E-state index contributed by atoms with van der Waals surface area (Å²) in [6.45, 7) is 3.97. The van der Waals surface area contributed by atoms with Gasteiger partial charge in [0.05, 0.1) is 24.2 Å². The van der Waals surface area contributed by atoms with Crippen molar-refractivity contribution in [2.75, 3.05) is 22.1 Å². The van der Waals surface area contributed by atoms with Gasteiger partial charge in [0.2, 0.25) is 5.95 Å². The molecule has 1 fully saturated rings. The molecule has 0 bridgehead atoms. The number of nitrogen functional groups attached to an aromatic ring is 1. The van der Waals surface area contributed by atoms with E-state index in [4.69, 9.17) is 16.9 Å². The first kappa shape index (κ1) is 23.1. The normalized spacial score (nSPS) is 15.4. The van der Waals surface area contributed by atoms with Crippen LogP contribution in [0.5, 0.6) is 5.75 Å². The van der Waals surface area contributed by atoms with E-state index in [1.54, 1.807) is 23.6 Å². The number of carbonyl (C=O) groups excluding carboxylic acids is 2. The Morgan fingerprint density at radius 1 is 1.35 bits per heavy atom. The number of nitrogens with two attached hydrogens (primary N) is 1. The molecule has 2 N–H and O–H groups in total. The largest absolute Gasteiger partial charge is 0.491 e. The lowest BCUT2D eigenvalue weighted by Crippen LogP contribution is -2.46. The fourth-order valence-corrected chi connectivity index (χ4v) is 4.23. The van der Waals surface area contributed by atoms with Crippen molar-refractivity contribution >= 4 is 40.5 Å². The lowest BCUT2D eigenvalue weighted by molar-refractivity contribution is -0.118. The zero-order valence-electron chi connectivity index (χ0n) is 18.4. The molecule has 3 aromatic rings. The molecule has 2 amide bonds. The monoisotopic (exact) mass is 480 g/mol. The Labute approximate surface area is 199 Å². The van der Waals surface area contributed by atoms with Gasteiger partial charge in [0.1, 0.15) is 17.5 Å². The first-order valence-electron chi connectivity index (χ1n) is 10.4. The molecule has 0 radical (unpaired) electrons. The maximum absolute atomic E-state index is 13.6. The Hall–Kier alpha value is -4.04. The van der Waals surface area contributed by atoms with Crippen molar-refractivity contribution in [1.29, 1.82) is 0 Å². The molecule has 174 valence electrons. The molecule has 1 unspecified atom stereocenters.